The molecule has 0 aromatic heterocycles. The molecule has 122 valence electrons. The summed E-state index contributed by atoms with van der Waals surface area (Å²) < 4.78 is 20.4. The second-order valence-electron chi connectivity index (χ2n) is 5.64. The fraction of sp³-hybridized carbons (Fsp3) is 0.846. The van der Waals surface area contributed by atoms with Gasteiger partial charge in [-0.25, -0.2) is 0 Å². The van der Waals surface area contributed by atoms with Crippen LogP contribution in [0.3, 0.4) is 0 Å². The normalized spacial score (nSPS) is 32.2. The second kappa shape index (κ2) is 6.25. The zero-order valence-corrected chi connectivity index (χ0v) is 14.7. The zero-order valence-electron chi connectivity index (χ0n) is 12.5. The molecule has 7 nitrogen and oxygen atoms in total. The van der Waals surface area contributed by atoms with Gasteiger partial charge in [0.25, 0.3) is 0 Å². The first-order valence-corrected chi connectivity index (χ1v) is 12.0. The van der Waals surface area contributed by atoms with Crippen molar-refractivity contribution in [1.82, 2.24) is 0 Å². The number of fused-ring (bicyclic) bond motifs is 1. The molecule has 4 atom stereocenters. The van der Waals surface area contributed by atoms with Crippen molar-refractivity contribution in [1.29, 1.82) is 0 Å². The van der Waals surface area contributed by atoms with E-state index in [1.165, 1.54) is 0 Å². The van der Waals surface area contributed by atoms with Crippen molar-refractivity contribution in [3.8, 4) is 0 Å². The Morgan fingerprint density at radius 2 is 1.86 bits per heavy atom. The third-order valence-corrected chi connectivity index (χ3v) is 9.69. The van der Waals surface area contributed by atoms with Crippen LogP contribution in [0.5, 0.6) is 0 Å². The molecular formula is C13H21IO7. The van der Waals surface area contributed by atoms with E-state index in [1.54, 1.807) is 0 Å². The first-order chi connectivity index (χ1) is 9.77. The second-order valence-corrected chi connectivity index (χ2v) is 12.6. The average Bonchev–Trinajstić information content (AvgIpc) is 2.93. The summed E-state index contributed by atoms with van der Waals surface area (Å²) in [6.45, 7) is 3.47. The Balaban J connectivity index is 1.95. The molecule has 8 heteroatoms. The van der Waals surface area contributed by atoms with Gasteiger partial charge in [-0.1, -0.05) is 0 Å². The van der Waals surface area contributed by atoms with Gasteiger partial charge in [0.2, 0.25) is 0 Å². The molecule has 4 unspecified atom stereocenters. The van der Waals surface area contributed by atoms with Crippen LogP contribution in [-0.4, -0.2) is 68.1 Å². The van der Waals surface area contributed by atoms with Crippen molar-refractivity contribution in [3.05, 3.63) is 0 Å². The monoisotopic (exact) mass is 416 g/mol. The summed E-state index contributed by atoms with van der Waals surface area (Å²) >= 11 is -1.39. The molecular weight excluding hydrogens is 395 g/mol. The summed E-state index contributed by atoms with van der Waals surface area (Å²) in [5.74, 6) is -0.268. The Kier molecular flexibility index (Phi) is 4.99. The third-order valence-electron chi connectivity index (χ3n) is 3.86. The molecule has 0 saturated carbocycles. The molecule has 2 saturated heterocycles. The molecule has 0 aromatic rings. The Morgan fingerprint density at radius 1 is 1.29 bits per heavy atom. The van der Waals surface area contributed by atoms with Gasteiger partial charge in [-0.05, 0) is 0 Å². The van der Waals surface area contributed by atoms with Gasteiger partial charge in [-0.2, -0.15) is 0 Å². The summed E-state index contributed by atoms with van der Waals surface area (Å²) in [6.07, 6.45) is -3.30. The molecule has 0 aliphatic carbocycles. The van der Waals surface area contributed by atoms with Crippen LogP contribution in [0.1, 0.15) is 13.8 Å². The number of aliphatic hydroxyl groups excluding tert-OH is 1. The predicted octanol–water partition coefficient (Wildman–Crippen LogP) is 0.738. The van der Waals surface area contributed by atoms with Crippen LogP contribution in [0.25, 0.3) is 0 Å². The standard InChI is InChI=1S/C13H21IO7/c1-13(2,14(3)4)11(16)18-6-8-10-9(7(5-15)19-8)20-12(17)21-10/h7-10,15H,5-6H2,1-4H3. The first kappa shape index (κ1) is 16.8. The summed E-state index contributed by atoms with van der Waals surface area (Å²) in [5.41, 5.74) is 0. The van der Waals surface area contributed by atoms with Gasteiger partial charge < -0.3 is 0 Å². The maximum atomic E-state index is 12.1. The van der Waals surface area contributed by atoms with Crippen molar-refractivity contribution >= 4 is 31.9 Å². The van der Waals surface area contributed by atoms with Crippen LogP contribution in [-0.2, 0) is 23.7 Å². The van der Waals surface area contributed by atoms with E-state index >= 15 is 0 Å². The molecule has 2 fully saturated rings. The quantitative estimate of drug-likeness (QED) is 0.402. The number of aliphatic hydroxyl groups is 1. The maximum absolute atomic E-state index is 12.1. The van der Waals surface area contributed by atoms with E-state index in [0.717, 1.165) is 0 Å². The molecule has 0 spiro atoms. The molecule has 2 heterocycles. The van der Waals surface area contributed by atoms with Gasteiger partial charge >= 0.3 is 130 Å². The number of ether oxygens (including phenoxy) is 4. The van der Waals surface area contributed by atoms with Crippen LogP contribution in [0.2, 0.25) is 0 Å². The van der Waals surface area contributed by atoms with Crippen molar-refractivity contribution in [2.45, 2.75) is 41.7 Å². The summed E-state index contributed by atoms with van der Waals surface area (Å²) in [6, 6.07) is 0. The van der Waals surface area contributed by atoms with E-state index < -0.39 is 53.8 Å². The molecule has 1 N–H and O–H groups in total. The van der Waals surface area contributed by atoms with E-state index in [-0.39, 0.29) is 19.2 Å². The minimum absolute atomic E-state index is 0.0133. The van der Waals surface area contributed by atoms with Crippen molar-refractivity contribution in [2.75, 3.05) is 23.1 Å². The Bertz CT molecular complexity index is 423. The topological polar surface area (TPSA) is 91.3 Å². The number of hydrogen-bond donors (Lipinski definition) is 1. The Morgan fingerprint density at radius 3 is 2.38 bits per heavy atom. The number of alkyl halides is 3. The SMILES string of the molecule is CI(C)C(C)(C)C(=O)OCC1OC(CO)C2OC(=O)OC12. The molecule has 0 amide bonds. The molecule has 21 heavy (non-hydrogen) atoms. The summed E-state index contributed by atoms with van der Waals surface area (Å²) in [5, 5.41) is 9.22. The van der Waals surface area contributed by atoms with E-state index in [9.17, 15) is 14.7 Å². The van der Waals surface area contributed by atoms with E-state index in [2.05, 4.69) is 9.86 Å². The van der Waals surface area contributed by atoms with Crippen LogP contribution < -0.4 is 0 Å². The molecule has 2 rings (SSSR count). The molecule has 0 bridgehead atoms. The van der Waals surface area contributed by atoms with E-state index in [1.807, 2.05) is 13.8 Å². The molecule has 0 aromatic carbocycles. The van der Waals surface area contributed by atoms with E-state index in [0.29, 0.717) is 0 Å². The molecule has 2 aliphatic heterocycles. The minimum atomic E-state index is -1.39. The number of esters is 1. The zero-order chi connectivity index (χ0) is 15.8. The average molecular weight is 416 g/mol. The predicted molar refractivity (Wildman–Crippen MR) is 81.8 cm³/mol. The van der Waals surface area contributed by atoms with Gasteiger partial charge in [-0.15, -0.1) is 0 Å². The summed E-state index contributed by atoms with van der Waals surface area (Å²) in [4.78, 5) is 27.5. The number of halogens is 1. The first-order valence-electron chi connectivity index (χ1n) is 6.58. The van der Waals surface area contributed by atoms with Gasteiger partial charge in [-0.3, -0.25) is 0 Å². The number of hydrogen-bond acceptors (Lipinski definition) is 7. The molecule has 2 aliphatic rings. The van der Waals surface area contributed by atoms with Crippen LogP contribution in [0.4, 0.5) is 4.79 Å². The third kappa shape index (κ3) is 3.26. The van der Waals surface area contributed by atoms with Crippen LogP contribution >= 0.6 is 19.8 Å². The van der Waals surface area contributed by atoms with Gasteiger partial charge in [0, 0.05) is 0 Å². The Labute approximate surface area is 130 Å². The van der Waals surface area contributed by atoms with Crippen LogP contribution in [0.15, 0.2) is 0 Å². The number of rotatable bonds is 5. The fourth-order valence-corrected chi connectivity index (χ4v) is 3.14. The van der Waals surface area contributed by atoms with Gasteiger partial charge in [0.1, 0.15) is 0 Å². The Hall–Kier alpha value is -0.610. The van der Waals surface area contributed by atoms with Crippen LogP contribution in [0, 0.1) is 0 Å². The number of carbonyl (C=O) groups excluding carboxylic acids is 2. The van der Waals surface area contributed by atoms with E-state index in [4.69, 9.17) is 18.9 Å². The fourth-order valence-electron chi connectivity index (χ4n) is 2.10. The summed E-state index contributed by atoms with van der Waals surface area (Å²) in [7, 11) is 0. The van der Waals surface area contributed by atoms with Crippen molar-refractivity contribution in [3.63, 3.8) is 0 Å². The molecule has 0 radical (unpaired) electrons. The van der Waals surface area contributed by atoms with Crippen molar-refractivity contribution < 1.29 is 33.6 Å². The van der Waals surface area contributed by atoms with Gasteiger partial charge in [0.15, 0.2) is 0 Å². The number of carbonyl (C=O) groups is 2. The van der Waals surface area contributed by atoms with Crippen molar-refractivity contribution in [2.24, 2.45) is 0 Å². The van der Waals surface area contributed by atoms with Gasteiger partial charge in [0.05, 0.1) is 0 Å².